The first-order valence-electron chi connectivity index (χ1n) is 7.04. The van der Waals surface area contributed by atoms with Crippen molar-refractivity contribution in [2.75, 3.05) is 6.54 Å². The molecule has 1 aliphatic carbocycles. The van der Waals surface area contributed by atoms with Gasteiger partial charge in [0.25, 0.3) is 0 Å². The first kappa shape index (κ1) is 12.4. The van der Waals surface area contributed by atoms with E-state index in [2.05, 4.69) is 20.0 Å². The van der Waals surface area contributed by atoms with E-state index in [0.717, 1.165) is 19.5 Å². The molecule has 1 unspecified atom stereocenters. The highest BCUT2D eigenvalue weighted by Crippen LogP contribution is 2.28. The fourth-order valence-corrected chi connectivity index (χ4v) is 2.88. The fraction of sp³-hybridized carbons (Fsp3) is 0.571. The average Bonchev–Trinajstić information content (AvgIpc) is 3.06. The third kappa shape index (κ3) is 2.71. The summed E-state index contributed by atoms with van der Waals surface area (Å²) in [7, 11) is 2.04. The lowest BCUT2D eigenvalue weighted by atomic mass is 9.93. The van der Waals surface area contributed by atoms with Crippen LogP contribution in [0.5, 0.6) is 0 Å². The van der Waals surface area contributed by atoms with Crippen molar-refractivity contribution < 1.29 is 0 Å². The first-order valence-corrected chi connectivity index (χ1v) is 7.04. The first-order chi connectivity index (χ1) is 9.34. The largest absolute Gasteiger partial charge is 0.337 e. The van der Waals surface area contributed by atoms with Gasteiger partial charge in [0.15, 0.2) is 0 Å². The number of hydrogen-bond donors (Lipinski definition) is 1. The maximum absolute atomic E-state index is 4.38. The van der Waals surface area contributed by atoms with E-state index in [0.29, 0.717) is 6.04 Å². The van der Waals surface area contributed by atoms with Crippen LogP contribution in [-0.2, 0) is 20.0 Å². The van der Waals surface area contributed by atoms with E-state index in [9.17, 15) is 0 Å². The van der Waals surface area contributed by atoms with Gasteiger partial charge < -0.3 is 9.88 Å². The molecule has 1 atom stereocenters. The number of imidazole rings is 1. The molecule has 2 aromatic rings. The summed E-state index contributed by atoms with van der Waals surface area (Å²) in [5.74, 6) is 0. The SMILES string of the molecule is Cn1ncc2c1CCCC2NCCCn1ccnc1. The van der Waals surface area contributed by atoms with Gasteiger partial charge in [-0.2, -0.15) is 5.10 Å². The maximum Gasteiger partial charge on any atom is 0.0945 e. The molecule has 2 heterocycles. The van der Waals surface area contributed by atoms with Crippen LogP contribution in [0.4, 0.5) is 0 Å². The normalized spacial score (nSPS) is 18.5. The Kier molecular flexibility index (Phi) is 3.64. The molecule has 19 heavy (non-hydrogen) atoms. The average molecular weight is 259 g/mol. The van der Waals surface area contributed by atoms with Crippen molar-refractivity contribution in [3.8, 4) is 0 Å². The Labute approximate surface area is 113 Å². The van der Waals surface area contributed by atoms with Crippen LogP contribution in [-0.4, -0.2) is 25.9 Å². The summed E-state index contributed by atoms with van der Waals surface area (Å²) in [5, 5.41) is 8.05. The summed E-state index contributed by atoms with van der Waals surface area (Å²) in [5.41, 5.74) is 2.80. The topological polar surface area (TPSA) is 47.7 Å². The number of fused-ring (bicyclic) bond motifs is 1. The number of nitrogens with zero attached hydrogens (tertiary/aromatic N) is 4. The van der Waals surface area contributed by atoms with Gasteiger partial charge in [-0.25, -0.2) is 4.98 Å². The molecule has 0 fully saturated rings. The quantitative estimate of drug-likeness (QED) is 0.831. The van der Waals surface area contributed by atoms with Crippen molar-refractivity contribution in [1.29, 1.82) is 0 Å². The summed E-state index contributed by atoms with van der Waals surface area (Å²) >= 11 is 0. The second-order valence-electron chi connectivity index (χ2n) is 5.22. The summed E-state index contributed by atoms with van der Waals surface area (Å²) in [6.07, 6.45) is 12.5. The zero-order valence-electron chi connectivity index (χ0n) is 11.4. The van der Waals surface area contributed by atoms with Crippen molar-refractivity contribution in [1.82, 2.24) is 24.6 Å². The van der Waals surface area contributed by atoms with Crippen LogP contribution in [0.3, 0.4) is 0 Å². The van der Waals surface area contributed by atoms with Gasteiger partial charge in [0, 0.05) is 43.3 Å². The Morgan fingerprint density at radius 3 is 3.26 bits per heavy atom. The highest BCUT2D eigenvalue weighted by Gasteiger charge is 2.22. The number of aromatic nitrogens is 4. The minimum atomic E-state index is 0.486. The number of aryl methyl sites for hydroxylation is 2. The van der Waals surface area contributed by atoms with Gasteiger partial charge in [-0.1, -0.05) is 0 Å². The second kappa shape index (κ2) is 5.57. The lowest BCUT2D eigenvalue weighted by Gasteiger charge is -2.24. The molecule has 0 saturated heterocycles. The van der Waals surface area contributed by atoms with Gasteiger partial charge in [-0.05, 0) is 32.2 Å². The fourth-order valence-electron chi connectivity index (χ4n) is 2.88. The molecule has 2 aromatic heterocycles. The number of hydrogen-bond acceptors (Lipinski definition) is 3. The zero-order chi connectivity index (χ0) is 13.1. The zero-order valence-corrected chi connectivity index (χ0v) is 11.4. The van der Waals surface area contributed by atoms with Gasteiger partial charge in [0.1, 0.15) is 0 Å². The van der Waals surface area contributed by atoms with Crippen molar-refractivity contribution in [2.24, 2.45) is 7.05 Å². The molecule has 0 aliphatic heterocycles. The maximum atomic E-state index is 4.38. The number of rotatable bonds is 5. The van der Waals surface area contributed by atoms with E-state index in [1.807, 2.05) is 36.6 Å². The van der Waals surface area contributed by atoms with E-state index in [4.69, 9.17) is 0 Å². The van der Waals surface area contributed by atoms with E-state index in [-0.39, 0.29) is 0 Å². The monoisotopic (exact) mass is 259 g/mol. The van der Waals surface area contributed by atoms with E-state index >= 15 is 0 Å². The molecule has 5 heteroatoms. The summed E-state index contributed by atoms with van der Waals surface area (Å²) in [6, 6.07) is 0.486. The van der Waals surface area contributed by atoms with E-state index in [1.54, 1.807) is 0 Å². The van der Waals surface area contributed by atoms with Crippen LogP contribution in [0, 0.1) is 0 Å². The molecule has 102 valence electrons. The van der Waals surface area contributed by atoms with Crippen molar-refractivity contribution in [3.05, 3.63) is 36.2 Å². The second-order valence-corrected chi connectivity index (χ2v) is 5.22. The molecule has 0 amide bonds. The Hall–Kier alpha value is -1.62. The van der Waals surface area contributed by atoms with Gasteiger partial charge in [0.05, 0.1) is 12.5 Å². The lowest BCUT2D eigenvalue weighted by Crippen LogP contribution is -2.26. The standard InChI is InChI=1S/C14H21N5/c1-18-14-5-2-4-13(12(14)10-17-18)16-6-3-8-19-9-7-15-11-19/h7,9-11,13,16H,2-6,8H2,1H3. The minimum absolute atomic E-state index is 0.486. The smallest absolute Gasteiger partial charge is 0.0945 e. The Balaban J connectivity index is 1.51. The Morgan fingerprint density at radius 2 is 2.42 bits per heavy atom. The van der Waals surface area contributed by atoms with Crippen LogP contribution < -0.4 is 5.32 Å². The molecule has 0 saturated carbocycles. The molecule has 1 N–H and O–H groups in total. The molecule has 0 radical (unpaired) electrons. The van der Waals surface area contributed by atoms with Gasteiger partial charge in [0.2, 0.25) is 0 Å². The van der Waals surface area contributed by atoms with Crippen LogP contribution in [0.1, 0.15) is 36.6 Å². The highest BCUT2D eigenvalue weighted by atomic mass is 15.3. The lowest BCUT2D eigenvalue weighted by molar-refractivity contribution is 0.440. The highest BCUT2D eigenvalue weighted by molar-refractivity contribution is 5.24. The van der Waals surface area contributed by atoms with Crippen molar-refractivity contribution in [3.63, 3.8) is 0 Å². The molecule has 0 spiro atoms. The minimum Gasteiger partial charge on any atom is -0.337 e. The molecule has 1 aliphatic rings. The third-order valence-electron chi connectivity index (χ3n) is 3.92. The summed E-state index contributed by atoms with van der Waals surface area (Å²) in [6.45, 7) is 2.07. The molecule has 0 bridgehead atoms. The number of nitrogens with one attached hydrogen (secondary N) is 1. The Morgan fingerprint density at radius 1 is 1.47 bits per heavy atom. The van der Waals surface area contributed by atoms with E-state index in [1.165, 1.54) is 30.5 Å². The van der Waals surface area contributed by atoms with Crippen LogP contribution in [0.2, 0.25) is 0 Å². The van der Waals surface area contributed by atoms with Crippen molar-refractivity contribution >= 4 is 0 Å². The van der Waals surface area contributed by atoms with Crippen molar-refractivity contribution in [2.45, 2.75) is 38.3 Å². The molecule has 5 nitrogen and oxygen atoms in total. The molecule has 0 aromatic carbocycles. The Bertz CT molecular complexity index is 514. The third-order valence-corrected chi connectivity index (χ3v) is 3.92. The van der Waals surface area contributed by atoms with Crippen LogP contribution >= 0.6 is 0 Å². The molecular weight excluding hydrogens is 238 g/mol. The predicted octanol–water partition coefficient (Wildman–Crippen LogP) is 1.67. The summed E-state index contributed by atoms with van der Waals surface area (Å²) < 4.78 is 4.15. The van der Waals surface area contributed by atoms with Crippen LogP contribution in [0.25, 0.3) is 0 Å². The van der Waals surface area contributed by atoms with E-state index < -0.39 is 0 Å². The molecular formula is C14H21N5. The van der Waals surface area contributed by atoms with Gasteiger partial charge in [-0.3, -0.25) is 4.68 Å². The van der Waals surface area contributed by atoms with Gasteiger partial charge in [-0.15, -0.1) is 0 Å². The summed E-state index contributed by atoms with van der Waals surface area (Å²) in [4.78, 5) is 4.05. The van der Waals surface area contributed by atoms with Gasteiger partial charge >= 0.3 is 0 Å². The molecule has 3 rings (SSSR count). The van der Waals surface area contributed by atoms with Crippen LogP contribution in [0.15, 0.2) is 24.9 Å². The predicted molar refractivity (Wildman–Crippen MR) is 73.7 cm³/mol.